The average Bonchev–Trinajstić information content (AvgIpc) is 3.21. The van der Waals surface area contributed by atoms with E-state index in [1.165, 1.54) is 6.26 Å². The molecule has 0 aliphatic heterocycles. The molecule has 162 valence electrons. The molecule has 0 saturated carbocycles. The Kier molecular flexibility index (Phi) is 7.49. The van der Waals surface area contributed by atoms with Gasteiger partial charge in [0.1, 0.15) is 24.4 Å². The summed E-state index contributed by atoms with van der Waals surface area (Å²) in [6, 6.07) is 13.0. The van der Waals surface area contributed by atoms with Gasteiger partial charge < -0.3 is 18.6 Å². The van der Waals surface area contributed by atoms with Crippen LogP contribution in [0.25, 0.3) is 11.5 Å². The van der Waals surface area contributed by atoms with E-state index in [0.717, 1.165) is 11.1 Å². The number of nitrogens with zero attached hydrogens (tertiary/aromatic N) is 1. The summed E-state index contributed by atoms with van der Waals surface area (Å²) in [5.74, 6) is 2.38. The van der Waals surface area contributed by atoms with Crippen LogP contribution in [-0.4, -0.2) is 30.6 Å². The van der Waals surface area contributed by atoms with Gasteiger partial charge in [-0.15, -0.1) is 0 Å². The Bertz CT molecular complexity index is 1040. The number of hydrogen-bond donors (Lipinski definition) is 0. The maximum Gasteiger partial charge on any atom is 0.226 e. The van der Waals surface area contributed by atoms with E-state index >= 15 is 0 Å². The molecular weight excluding hydrogens is 394 g/mol. The van der Waals surface area contributed by atoms with Crippen molar-refractivity contribution in [1.29, 1.82) is 0 Å². The predicted octanol–water partition coefficient (Wildman–Crippen LogP) is 5.06. The third kappa shape index (κ3) is 5.98. The molecule has 2 aromatic carbocycles. The predicted molar refractivity (Wildman–Crippen MR) is 119 cm³/mol. The number of ketones is 1. The molecule has 0 aliphatic rings. The van der Waals surface area contributed by atoms with Crippen molar-refractivity contribution in [2.24, 2.45) is 0 Å². The number of methoxy groups -OCH3 is 1. The van der Waals surface area contributed by atoms with E-state index in [4.69, 9.17) is 18.6 Å². The molecular formula is C25H27NO5. The normalized spacial score (nSPS) is 10.7. The van der Waals surface area contributed by atoms with Crippen molar-refractivity contribution in [3.8, 4) is 28.7 Å². The topological polar surface area (TPSA) is 70.8 Å². The van der Waals surface area contributed by atoms with Crippen molar-refractivity contribution in [2.45, 2.75) is 32.8 Å². The minimum Gasteiger partial charge on any atom is -0.493 e. The van der Waals surface area contributed by atoms with Crippen molar-refractivity contribution < 1.29 is 23.4 Å². The number of ether oxygens (including phenoxy) is 3. The van der Waals surface area contributed by atoms with Gasteiger partial charge in [-0.1, -0.05) is 30.9 Å². The highest BCUT2D eigenvalue weighted by Crippen LogP contribution is 2.33. The van der Waals surface area contributed by atoms with Crippen molar-refractivity contribution in [3.05, 3.63) is 72.6 Å². The summed E-state index contributed by atoms with van der Waals surface area (Å²) in [5.41, 5.74) is 2.16. The molecule has 1 heterocycles. The molecule has 0 atom stereocenters. The number of carbonyl (C=O) groups excluding carboxylic acids is 1. The Hall–Kier alpha value is -3.54. The minimum atomic E-state index is 0.000213. The van der Waals surface area contributed by atoms with E-state index in [1.54, 1.807) is 13.2 Å². The van der Waals surface area contributed by atoms with Gasteiger partial charge in [0.05, 0.1) is 25.3 Å². The first-order valence-electron chi connectivity index (χ1n) is 10.1. The SMILES string of the molecule is C=CCOc1ccccc1CC(=O)Cc1coc(-c2ccc(OC)c(OC(C)C)c2)n1. The van der Waals surface area contributed by atoms with Gasteiger partial charge in [-0.2, -0.15) is 0 Å². The van der Waals surface area contributed by atoms with Crippen LogP contribution >= 0.6 is 0 Å². The Morgan fingerprint density at radius 2 is 1.94 bits per heavy atom. The van der Waals surface area contributed by atoms with E-state index in [9.17, 15) is 4.79 Å². The first-order valence-corrected chi connectivity index (χ1v) is 10.1. The Morgan fingerprint density at radius 3 is 2.68 bits per heavy atom. The molecule has 0 N–H and O–H groups in total. The maximum absolute atomic E-state index is 12.6. The van der Waals surface area contributed by atoms with Gasteiger partial charge in [0.25, 0.3) is 0 Å². The quantitative estimate of drug-likeness (QED) is 0.403. The molecule has 1 aromatic heterocycles. The Labute approximate surface area is 182 Å². The molecule has 0 spiro atoms. The molecule has 0 amide bonds. The Balaban J connectivity index is 1.70. The van der Waals surface area contributed by atoms with Crippen LogP contribution in [0.3, 0.4) is 0 Å². The molecule has 6 heteroatoms. The summed E-state index contributed by atoms with van der Waals surface area (Å²) >= 11 is 0. The number of para-hydroxylation sites is 1. The van der Waals surface area contributed by atoms with Crippen molar-refractivity contribution in [3.63, 3.8) is 0 Å². The first-order chi connectivity index (χ1) is 15.0. The highest BCUT2D eigenvalue weighted by molar-refractivity contribution is 5.83. The maximum atomic E-state index is 12.6. The summed E-state index contributed by atoms with van der Waals surface area (Å²) in [7, 11) is 1.59. The van der Waals surface area contributed by atoms with Gasteiger partial charge in [-0.3, -0.25) is 4.79 Å². The van der Waals surface area contributed by atoms with Crippen LogP contribution in [0.4, 0.5) is 0 Å². The lowest BCUT2D eigenvalue weighted by molar-refractivity contribution is -0.117. The summed E-state index contributed by atoms with van der Waals surface area (Å²) in [6.45, 7) is 7.94. The summed E-state index contributed by atoms with van der Waals surface area (Å²) in [5, 5.41) is 0. The number of oxazole rings is 1. The third-order valence-corrected chi connectivity index (χ3v) is 4.42. The van der Waals surface area contributed by atoms with Crippen LogP contribution < -0.4 is 14.2 Å². The average molecular weight is 421 g/mol. The zero-order valence-electron chi connectivity index (χ0n) is 18.1. The van der Waals surface area contributed by atoms with Crippen LogP contribution in [0.2, 0.25) is 0 Å². The molecule has 31 heavy (non-hydrogen) atoms. The summed E-state index contributed by atoms with van der Waals surface area (Å²) in [6.07, 6.45) is 3.61. The van der Waals surface area contributed by atoms with Gasteiger partial charge in [-0.25, -0.2) is 4.98 Å². The molecule has 6 nitrogen and oxygen atoms in total. The molecule has 0 radical (unpaired) electrons. The lowest BCUT2D eigenvalue weighted by atomic mass is 10.1. The monoisotopic (exact) mass is 421 g/mol. The fourth-order valence-corrected chi connectivity index (χ4v) is 3.09. The molecule has 0 aliphatic carbocycles. The lowest BCUT2D eigenvalue weighted by Gasteiger charge is -2.13. The van der Waals surface area contributed by atoms with E-state index in [1.807, 2.05) is 56.3 Å². The van der Waals surface area contributed by atoms with Crippen LogP contribution in [0, 0.1) is 0 Å². The van der Waals surface area contributed by atoms with E-state index in [-0.39, 0.29) is 24.7 Å². The third-order valence-electron chi connectivity index (χ3n) is 4.42. The van der Waals surface area contributed by atoms with Gasteiger partial charge in [-0.05, 0) is 38.1 Å². The molecule has 0 unspecified atom stereocenters. The first kappa shape index (κ1) is 22.2. The number of carbonyl (C=O) groups is 1. The van der Waals surface area contributed by atoms with Gasteiger partial charge in [0, 0.05) is 17.5 Å². The van der Waals surface area contributed by atoms with Crippen LogP contribution in [0.1, 0.15) is 25.1 Å². The number of rotatable bonds is 11. The highest BCUT2D eigenvalue weighted by atomic mass is 16.5. The molecule has 0 fully saturated rings. The summed E-state index contributed by atoms with van der Waals surface area (Å²) < 4.78 is 22.4. The smallest absolute Gasteiger partial charge is 0.226 e. The van der Waals surface area contributed by atoms with Crippen molar-refractivity contribution in [1.82, 2.24) is 4.98 Å². The van der Waals surface area contributed by atoms with E-state index < -0.39 is 0 Å². The van der Waals surface area contributed by atoms with Crippen molar-refractivity contribution >= 4 is 5.78 Å². The number of hydrogen-bond acceptors (Lipinski definition) is 6. The highest BCUT2D eigenvalue weighted by Gasteiger charge is 2.15. The van der Waals surface area contributed by atoms with Crippen LogP contribution in [-0.2, 0) is 17.6 Å². The second-order valence-corrected chi connectivity index (χ2v) is 7.28. The Morgan fingerprint density at radius 1 is 1.13 bits per heavy atom. The standard InChI is InChI=1S/C25H27NO5/c1-5-12-29-22-9-7-6-8-18(22)13-21(27)15-20-16-30-25(26-20)19-10-11-23(28-4)24(14-19)31-17(2)3/h5-11,14,16-17H,1,12-13,15H2,2-4H3. The van der Waals surface area contributed by atoms with E-state index in [2.05, 4.69) is 11.6 Å². The van der Waals surface area contributed by atoms with Crippen molar-refractivity contribution in [2.75, 3.05) is 13.7 Å². The number of Topliss-reactive ketones (excluding diaryl/α,β-unsaturated/α-hetero) is 1. The zero-order valence-corrected chi connectivity index (χ0v) is 18.1. The van der Waals surface area contributed by atoms with Gasteiger partial charge >= 0.3 is 0 Å². The van der Waals surface area contributed by atoms with E-state index in [0.29, 0.717) is 35.4 Å². The fraction of sp³-hybridized carbons (Fsp3) is 0.280. The molecule has 0 bridgehead atoms. The van der Waals surface area contributed by atoms with Crippen LogP contribution in [0.15, 0.2) is 65.8 Å². The lowest BCUT2D eigenvalue weighted by Crippen LogP contribution is -2.08. The summed E-state index contributed by atoms with van der Waals surface area (Å²) in [4.78, 5) is 17.1. The molecule has 3 aromatic rings. The van der Waals surface area contributed by atoms with Gasteiger partial charge in [0.15, 0.2) is 11.5 Å². The second-order valence-electron chi connectivity index (χ2n) is 7.28. The second kappa shape index (κ2) is 10.5. The van der Waals surface area contributed by atoms with Crippen LogP contribution in [0.5, 0.6) is 17.2 Å². The molecule has 0 saturated heterocycles. The van der Waals surface area contributed by atoms with Gasteiger partial charge in [0.2, 0.25) is 5.89 Å². The number of benzene rings is 2. The minimum absolute atomic E-state index is 0.000213. The fourth-order valence-electron chi connectivity index (χ4n) is 3.09. The zero-order chi connectivity index (χ0) is 22.2. The largest absolute Gasteiger partial charge is 0.493 e. The number of aromatic nitrogens is 1. The molecule has 3 rings (SSSR count).